The summed E-state index contributed by atoms with van der Waals surface area (Å²) in [4.78, 5) is 11.8. The van der Waals surface area contributed by atoms with E-state index in [0.717, 1.165) is 0 Å². The first-order chi connectivity index (χ1) is 6.31. The van der Waals surface area contributed by atoms with Crippen molar-refractivity contribution in [2.24, 2.45) is 4.99 Å². The van der Waals surface area contributed by atoms with Crippen LogP contribution in [0.25, 0.3) is 0 Å². The molecule has 5 nitrogen and oxygen atoms in total. The van der Waals surface area contributed by atoms with Gasteiger partial charge in [-0.25, -0.2) is 15.0 Å². The van der Waals surface area contributed by atoms with Crippen molar-refractivity contribution in [3.63, 3.8) is 0 Å². The maximum atomic E-state index is 5.80. The molecule has 0 amide bonds. The van der Waals surface area contributed by atoms with Crippen molar-refractivity contribution >= 4 is 52.9 Å². The third-order valence-electron chi connectivity index (χ3n) is 1.48. The highest BCUT2D eigenvalue weighted by molar-refractivity contribution is 6.33. The lowest BCUT2D eigenvalue weighted by Gasteiger charge is -2.16. The summed E-state index contributed by atoms with van der Waals surface area (Å²) < 4.78 is 0. The summed E-state index contributed by atoms with van der Waals surface area (Å²) in [6, 6.07) is 0. The molecule has 0 atom stereocenters. The van der Waals surface area contributed by atoms with Gasteiger partial charge in [-0.1, -0.05) is 11.6 Å². The standard InChI is InChI=1S/C6H5Cl2N5.ClH/c7-1-3-11-4-5(8)9-2-10-6(4)13-12-3;/h2H,1H2,(H,11,12)(H,9,10,13);1H. The van der Waals surface area contributed by atoms with Gasteiger partial charge in [-0.3, -0.25) is 10.9 Å². The summed E-state index contributed by atoms with van der Waals surface area (Å²) in [5.74, 6) is 1.41. The van der Waals surface area contributed by atoms with Crippen LogP contribution in [0.3, 0.4) is 0 Å². The molecule has 76 valence electrons. The molecular formula is C6H6Cl3N5. The van der Waals surface area contributed by atoms with Crippen LogP contribution in [0.2, 0.25) is 5.15 Å². The number of amidine groups is 1. The Morgan fingerprint density at radius 2 is 2.07 bits per heavy atom. The number of halogens is 3. The van der Waals surface area contributed by atoms with Crippen molar-refractivity contribution in [3.8, 4) is 0 Å². The predicted octanol–water partition coefficient (Wildman–Crippen LogP) is 1.75. The van der Waals surface area contributed by atoms with E-state index in [-0.39, 0.29) is 18.3 Å². The van der Waals surface area contributed by atoms with Crippen molar-refractivity contribution in [2.45, 2.75) is 0 Å². The van der Waals surface area contributed by atoms with E-state index < -0.39 is 0 Å². The molecule has 0 aliphatic carbocycles. The molecule has 2 heterocycles. The molecule has 1 aromatic heterocycles. The van der Waals surface area contributed by atoms with Crippen molar-refractivity contribution in [3.05, 3.63) is 11.5 Å². The largest absolute Gasteiger partial charge is 0.285 e. The number of aliphatic imine (C=N–C) groups is 1. The highest BCUT2D eigenvalue weighted by Crippen LogP contribution is 2.30. The molecule has 1 aliphatic rings. The number of hydrazine groups is 1. The molecule has 1 aliphatic heterocycles. The fourth-order valence-corrected chi connectivity index (χ4v) is 1.21. The van der Waals surface area contributed by atoms with E-state index in [9.17, 15) is 0 Å². The van der Waals surface area contributed by atoms with Gasteiger partial charge in [-0.05, 0) is 0 Å². The minimum Gasteiger partial charge on any atom is -0.285 e. The Balaban J connectivity index is 0.000000980. The van der Waals surface area contributed by atoms with Gasteiger partial charge >= 0.3 is 0 Å². The first-order valence-electron chi connectivity index (χ1n) is 3.47. The van der Waals surface area contributed by atoms with Gasteiger partial charge in [0.25, 0.3) is 0 Å². The Labute approximate surface area is 96.3 Å². The zero-order chi connectivity index (χ0) is 9.26. The van der Waals surface area contributed by atoms with Crippen LogP contribution in [-0.4, -0.2) is 21.7 Å². The maximum absolute atomic E-state index is 5.80. The summed E-state index contributed by atoms with van der Waals surface area (Å²) in [5, 5.41) is 0.307. The molecule has 0 saturated carbocycles. The lowest BCUT2D eigenvalue weighted by molar-refractivity contribution is 1.02. The van der Waals surface area contributed by atoms with Crippen LogP contribution in [0.15, 0.2) is 11.3 Å². The van der Waals surface area contributed by atoms with Gasteiger partial charge in [0.05, 0.1) is 5.88 Å². The van der Waals surface area contributed by atoms with Gasteiger partial charge < -0.3 is 0 Å². The molecule has 2 N–H and O–H groups in total. The van der Waals surface area contributed by atoms with Crippen LogP contribution in [0, 0.1) is 0 Å². The van der Waals surface area contributed by atoms with Crippen LogP contribution < -0.4 is 10.9 Å². The molecule has 0 saturated heterocycles. The minimum absolute atomic E-state index is 0. The number of aromatic nitrogens is 2. The van der Waals surface area contributed by atoms with Crippen molar-refractivity contribution in [1.29, 1.82) is 0 Å². The Kier molecular flexibility index (Phi) is 3.74. The molecule has 0 bridgehead atoms. The molecule has 0 aromatic carbocycles. The first-order valence-corrected chi connectivity index (χ1v) is 4.38. The Morgan fingerprint density at radius 3 is 2.79 bits per heavy atom. The van der Waals surface area contributed by atoms with Gasteiger partial charge in [0.15, 0.2) is 11.0 Å². The maximum Gasteiger partial charge on any atom is 0.175 e. The summed E-state index contributed by atoms with van der Waals surface area (Å²) >= 11 is 11.4. The molecule has 0 radical (unpaired) electrons. The van der Waals surface area contributed by atoms with E-state index in [2.05, 4.69) is 25.8 Å². The number of hydrogen-bond acceptors (Lipinski definition) is 5. The second-order valence-electron chi connectivity index (χ2n) is 2.30. The van der Waals surface area contributed by atoms with Crippen LogP contribution in [0.5, 0.6) is 0 Å². The van der Waals surface area contributed by atoms with E-state index in [4.69, 9.17) is 23.2 Å². The van der Waals surface area contributed by atoms with Gasteiger partial charge in [-0.15, -0.1) is 24.0 Å². The third kappa shape index (κ3) is 2.00. The normalized spacial score (nSPS) is 12.9. The average Bonchev–Trinajstić information content (AvgIpc) is 2.18. The average molecular weight is 255 g/mol. The topological polar surface area (TPSA) is 62.2 Å². The summed E-state index contributed by atoms with van der Waals surface area (Å²) in [7, 11) is 0. The zero-order valence-electron chi connectivity index (χ0n) is 6.79. The molecule has 0 unspecified atom stereocenters. The Bertz CT molecular complexity index is 366. The Morgan fingerprint density at radius 1 is 1.29 bits per heavy atom. The number of hydrogen-bond donors (Lipinski definition) is 2. The number of nitrogens with zero attached hydrogens (tertiary/aromatic N) is 3. The lowest BCUT2D eigenvalue weighted by atomic mass is 10.4. The zero-order valence-corrected chi connectivity index (χ0v) is 9.12. The molecule has 1 aromatic rings. The monoisotopic (exact) mass is 253 g/mol. The van der Waals surface area contributed by atoms with Crippen LogP contribution in [-0.2, 0) is 0 Å². The van der Waals surface area contributed by atoms with Crippen LogP contribution >= 0.6 is 35.6 Å². The second kappa shape index (κ2) is 4.63. The Hall–Kier alpha value is -0.780. The number of rotatable bonds is 1. The van der Waals surface area contributed by atoms with Crippen LogP contribution in [0.1, 0.15) is 0 Å². The lowest BCUT2D eigenvalue weighted by Crippen LogP contribution is -2.33. The molecule has 8 heteroatoms. The summed E-state index contributed by atoms with van der Waals surface area (Å²) in [6.07, 6.45) is 1.36. The molecule has 0 spiro atoms. The minimum atomic E-state index is 0. The van der Waals surface area contributed by atoms with E-state index in [1.165, 1.54) is 6.33 Å². The first kappa shape index (κ1) is 11.3. The van der Waals surface area contributed by atoms with Gasteiger partial charge in [-0.2, -0.15) is 0 Å². The number of fused-ring (bicyclic) bond motifs is 1. The van der Waals surface area contributed by atoms with Gasteiger partial charge in [0.1, 0.15) is 17.9 Å². The second-order valence-corrected chi connectivity index (χ2v) is 2.93. The highest BCUT2D eigenvalue weighted by atomic mass is 35.5. The SMILES string of the molecule is Cl.ClCC1=Nc2c(Cl)ncnc2NN1. The summed E-state index contributed by atoms with van der Waals surface area (Å²) in [5.41, 5.74) is 6.09. The fourth-order valence-electron chi connectivity index (χ4n) is 0.905. The third-order valence-corrected chi connectivity index (χ3v) is 2.01. The molecule has 14 heavy (non-hydrogen) atoms. The van der Waals surface area contributed by atoms with Crippen molar-refractivity contribution < 1.29 is 0 Å². The van der Waals surface area contributed by atoms with E-state index in [0.29, 0.717) is 22.5 Å². The number of anilines is 1. The molecule has 2 rings (SSSR count). The quantitative estimate of drug-likeness (QED) is 0.592. The smallest absolute Gasteiger partial charge is 0.175 e. The number of nitrogens with one attached hydrogen (secondary N) is 2. The van der Waals surface area contributed by atoms with Gasteiger partial charge in [0.2, 0.25) is 0 Å². The molecular weight excluding hydrogens is 248 g/mol. The van der Waals surface area contributed by atoms with Gasteiger partial charge in [0, 0.05) is 0 Å². The van der Waals surface area contributed by atoms with Crippen LogP contribution in [0.4, 0.5) is 11.5 Å². The van der Waals surface area contributed by atoms with E-state index in [1.54, 1.807) is 0 Å². The van der Waals surface area contributed by atoms with Crippen molar-refractivity contribution in [2.75, 3.05) is 11.3 Å². The predicted molar refractivity (Wildman–Crippen MR) is 58.9 cm³/mol. The summed E-state index contributed by atoms with van der Waals surface area (Å²) in [6.45, 7) is 0. The fraction of sp³-hybridized carbons (Fsp3) is 0.167. The number of alkyl halides is 1. The van der Waals surface area contributed by atoms with Crippen molar-refractivity contribution in [1.82, 2.24) is 15.4 Å². The molecule has 0 fully saturated rings. The van der Waals surface area contributed by atoms with E-state index >= 15 is 0 Å². The highest BCUT2D eigenvalue weighted by Gasteiger charge is 2.14. The van der Waals surface area contributed by atoms with E-state index in [1.807, 2.05) is 0 Å².